The van der Waals surface area contributed by atoms with Gasteiger partial charge in [0.15, 0.2) is 0 Å². The molecule has 2 aromatic heterocycles. The lowest BCUT2D eigenvalue weighted by atomic mass is 10.1. The number of benzene rings is 2. The number of carbonyl (C=O) groups excluding carboxylic acids is 1. The van der Waals surface area contributed by atoms with Gasteiger partial charge in [0.25, 0.3) is 5.91 Å². The lowest BCUT2D eigenvalue weighted by molar-refractivity contribution is 0.0941. The number of aromatic nitrogens is 3. The lowest BCUT2D eigenvalue weighted by Gasteiger charge is -2.13. The number of aryl methyl sites for hydroxylation is 3. The van der Waals surface area contributed by atoms with E-state index in [0.29, 0.717) is 18.8 Å². The average Bonchev–Trinajstić information content (AvgIpc) is 3.41. The Morgan fingerprint density at radius 3 is 2.31 bits per heavy atom. The van der Waals surface area contributed by atoms with Gasteiger partial charge >= 0.3 is 0 Å². The third kappa shape index (κ3) is 5.72. The fourth-order valence-electron chi connectivity index (χ4n) is 4.55. The summed E-state index contributed by atoms with van der Waals surface area (Å²) in [5.74, 6) is -0.0478. The molecule has 0 aliphatic carbocycles. The van der Waals surface area contributed by atoms with Gasteiger partial charge < -0.3 is 15.6 Å². The van der Waals surface area contributed by atoms with Crippen molar-refractivity contribution < 1.29 is 4.79 Å². The summed E-state index contributed by atoms with van der Waals surface area (Å²) >= 11 is 0. The predicted molar refractivity (Wildman–Crippen MR) is 140 cm³/mol. The maximum atomic E-state index is 13.1. The minimum Gasteiger partial charge on any atom is -0.347 e. The molecule has 6 heteroatoms. The van der Waals surface area contributed by atoms with Gasteiger partial charge in [-0.25, -0.2) is 0 Å². The second-order valence-corrected chi connectivity index (χ2v) is 9.26. The predicted octanol–water partition coefficient (Wildman–Crippen LogP) is 4.66. The number of rotatable bonds is 9. The van der Waals surface area contributed by atoms with E-state index in [4.69, 9.17) is 5.73 Å². The first-order valence-corrected chi connectivity index (χ1v) is 12.2. The molecule has 0 fully saturated rings. The van der Waals surface area contributed by atoms with Crippen molar-refractivity contribution in [2.75, 3.05) is 0 Å². The third-order valence-electron chi connectivity index (χ3n) is 6.56. The fourth-order valence-corrected chi connectivity index (χ4v) is 4.55. The van der Waals surface area contributed by atoms with Gasteiger partial charge in [0.05, 0.1) is 12.7 Å². The minimum atomic E-state index is -0.0478. The molecule has 2 aromatic carbocycles. The molecule has 0 bridgehead atoms. The molecule has 35 heavy (non-hydrogen) atoms. The van der Waals surface area contributed by atoms with Crippen molar-refractivity contribution in [2.45, 2.75) is 60.3 Å². The third-order valence-corrected chi connectivity index (χ3v) is 6.56. The van der Waals surface area contributed by atoms with Gasteiger partial charge in [0.2, 0.25) is 0 Å². The molecule has 182 valence electrons. The van der Waals surface area contributed by atoms with E-state index in [9.17, 15) is 4.79 Å². The van der Waals surface area contributed by atoms with Crippen molar-refractivity contribution in [3.8, 4) is 0 Å². The number of amides is 1. The molecule has 6 nitrogen and oxygen atoms in total. The van der Waals surface area contributed by atoms with Crippen LogP contribution in [0.2, 0.25) is 0 Å². The molecule has 0 radical (unpaired) electrons. The molecule has 1 amide bonds. The van der Waals surface area contributed by atoms with E-state index < -0.39 is 0 Å². The second kappa shape index (κ2) is 10.7. The van der Waals surface area contributed by atoms with Crippen LogP contribution in [0.1, 0.15) is 62.1 Å². The summed E-state index contributed by atoms with van der Waals surface area (Å²) in [7, 11) is 0. The number of hydrogen-bond donors (Lipinski definition) is 2. The molecular weight excluding hydrogens is 434 g/mol. The highest BCUT2D eigenvalue weighted by Crippen LogP contribution is 2.21. The fraction of sp³-hybridized carbons (Fsp3) is 0.310. The molecule has 0 saturated heterocycles. The van der Waals surface area contributed by atoms with Crippen molar-refractivity contribution in [1.82, 2.24) is 19.7 Å². The van der Waals surface area contributed by atoms with Gasteiger partial charge in [-0.05, 0) is 72.7 Å². The van der Waals surface area contributed by atoms with Crippen LogP contribution in [-0.4, -0.2) is 20.3 Å². The average molecular weight is 470 g/mol. The minimum absolute atomic E-state index is 0.0478. The highest BCUT2D eigenvalue weighted by Gasteiger charge is 2.18. The molecular formula is C29H35N5O. The van der Waals surface area contributed by atoms with Gasteiger partial charge in [-0.15, -0.1) is 0 Å². The van der Waals surface area contributed by atoms with Crippen LogP contribution in [0.25, 0.3) is 0 Å². The van der Waals surface area contributed by atoms with Crippen LogP contribution >= 0.6 is 0 Å². The van der Waals surface area contributed by atoms with E-state index in [0.717, 1.165) is 47.3 Å². The Balaban J connectivity index is 1.45. The highest BCUT2D eigenvalue weighted by molar-refractivity contribution is 5.93. The molecule has 4 rings (SSSR count). The Hall–Kier alpha value is -3.64. The van der Waals surface area contributed by atoms with Crippen molar-refractivity contribution in [1.29, 1.82) is 0 Å². The normalized spacial score (nSPS) is 11.1. The topological polar surface area (TPSA) is 77.9 Å². The maximum Gasteiger partial charge on any atom is 0.268 e. The van der Waals surface area contributed by atoms with Crippen LogP contribution in [0.3, 0.4) is 0 Å². The summed E-state index contributed by atoms with van der Waals surface area (Å²) in [5.41, 5.74) is 15.7. The van der Waals surface area contributed by atoms with E-state index in [1.54, 1.807) is 0 Å². The van der Waals surface area contributed by atoms with E-state index >= 15 is 0 Å². The van der Waals surface area contributed by atoms with Crippen LogP contribution in [0.15, 0.2) is 60.9 Å². The van der Waals surface area contributed by atoms with Crippen molar-refractivity contribution in [3.05, 3.63) is 111 Å². The molecule has 4 aromatic rings. The largest absolute Gasteiger partial charge is 0.347 e. The molecule has 0 saturated carbocycles. The molecule has 0 spiro atoms. The summed E-state index contributed by atoms with van der Waals surface area (Å²) in [4.78, 5) is 13.1. The summed E-state index contributed by atoms with van der Waals surface area (Å²) < 4.78 is 4.09. The van der Waals surface area contributed by atoms with E-state index in [2.05, 4.69) is 72.3 Å². The molecule has 3 N–H and O–H groups in total. The molecule has 0 aliphatic rings. The van der Waals surface area contributed by atoms with Crippen molar-refractivity contribution >= 4 is 5.91 Å². The SMILES string of the molecule is CCn1c(C(=O)NCc2ccc(CN)cc2C)cc(C)c1Cc1ccc(Cn2cc(C)cn2)cc1. The standard InChI is InChI=1S/C29H35N5O/c1-5-34-27(14-23-6-8-24(9-7-23)19-33-18-20(2)16-32-33)22(4)13-28(34)29(35)31-17-26-11-10-25(15-30)12-21(26)3/h6-13,16,18H,5,14-15,17,19,30H2,1-4H3,(H,31,35). The number of hydrogen-bond acceptors (Lipinski definition) is 3. The van der Waals surface area contributed by atoms with E-state index in [-0.39, 0.29) is 5.91 Å². The number of carbonyl (C=O) groups is 1. The Labute approximate surface area is 207 Å². The maximum absolute atomic E-state index is 13.1. The molecule has 0 unspecified atom stereocenters. The van der Waals surface area contributed by atoms with Gasteiger partial charge in [-0.1, -0.05) is 42.5 Å². The Bertz CT molecular complexity index is 1310. The number of nitrogens with two attached hydrogens (primary N) is 1. The Morgan fingerprint density at radius 1 is 0.971 bits per heavy atom. The smallest absolute Gasteiger partial charge is 0.268 e. The number of nitrogens with one attached hydrogen (secondary N) is 1. The summed E-state index contributed by atoms with van der Waals surface area (Å²) in [6, 6.07) is 16.8. The Morgan fingerprint density at radius 2 is 1.69 bits per heavy atom. The first-order chi connectivity index (χ1) is 16.9. The quantitative estimate of drug-likeness (QED) is 0.374. The summed E-state index contributed by atoms with van der Waals surface area (Å²) in [5, 5.41) is 7.48. The first-order valence-electron chi connectivity index (χ1n) is 12.2. The monoisotopic (exact) mass is 469 g/mol. The van der Waals surface area contributed by atoms with Crippen molar-refractivity contribution in [2.24, 2.45) is 5.73 Å². The van der Waals surface area contributed by atoms with E-state index in [1.807, 2.05) is 36.0 Å². The van der Waals surface area contributed by atoms with Crippen LogP contribution in [0, 0.1) is 20.8 Å². The molecule has 2 heterocycles. The zero-order valence-electron chi connectivity index (χ0n) is 21.1. The van der Waals surface area contributed by atoms with Crippen molar-refractivity contribution in [3.63, 3.8) is 0 Å². The van der Waals surface area contributed by atoms with Gasteiger partial charge in [0.1, 0.15) is 5.69 Å². The van der Waals surface area contributed by atoms with Crippen LogP contribution in [0.4, 0.5) is 0 Å². The summed E-state index contributed by atoms with van der Waals surface area (Å²) in [6.07, 6.45) is 4.71. The summed E-state index contributed by atoms with van der Waals surface area (Å²) in [6.45, 7) is 10.8. The molecule has 0 aliphatic heterocycles. The Kier molecular flexibility index (Phi) is 7.51. The van der Waals surface area contributed by atoms with Gasteiger partial charge in [0, 0.05) is 37.9 Å². The zero-order valence-corrected chi connectivity index (χ0v) is 21.1. The van der Waals surface area contributed by atoms with Gasteiger partial charge in [-0.2, -0.15) is 5.10 Å². The second-order valence-electron chi connectivity index (χ2n) is 9.26. The highest BCUT2D eigenvalue weighted by atomic mass is 16.1. The number of nitrogens with zero attached hydrogens (tertiary/aromatic N) is 3. The van der Waals surface area contributed by atoms with E-state index in [1.165, 1.54) is 16.8 Å². The first kappa shape index (κ1) is 24.5. The lowest BCUT2D eigenvalue weighted by Crippen LogP contribution is -2.26. The van der Waals surface area contributed by atoms with Crippen LogP contribution in [0.5, 0.6) is 0 Å². The molecule has 0 atom stereocenters. The van der Waals surface area contributed by atoms with Crippen LogP contribution in [-0.2, 0) is 32.6 Å². The zero-order chi connectivity index (χ0) is 24.9. The van der Waals surface area contributed by atoms with Gasteiger partial charge in [-0.3, -0.25) is 9.48 Å². The van der Waals surface area contributed by atoms with Crippen LogP contribution < -0.4 is 11.1 Å².